The van der Waals surface area contributed by atoms with E-state index < -0.39 is 10.8 Å². The van der Waals surface area contributed by atoms with Gasteiger partial charge in [0.25, 0.3) is 11.6 Å². The quantitative estimate of drug-likeness (QED) is 0.154. The van der Waals surface area contributed by atoms with Crippen LogP contribution in [0.3, 0.4) is 0 Å². The van der Waals surface area contributed by atoms with Gasteiger partial charge in [0.05, 0.1) is 22.5 Å². The maximum atomic E-state index is 12.3. The number of para-hydroxylation sites is 1. The molecule has 34 heavy (non-hydrogen) atoms. The third-order valence-corrected chi connectivity index (χ3v) is 5.95. The van der Waals surface area contributed by atoms with Crippen molar-refractivity contribution < 1.29 is 9.72 Å². The topological polar surface area (TPSA) is 128 Å². The Bertz CT molecular complexity index is 1340. The summed E-state index contributed by atoms with van der Waals surface area (Å²) in [5.41, 5.74) is 4.18. The summed E-state index contributed by atoms with van der Waals surface area (Å²) in [6.45, 7) is 0. The number of nitro benzene ring substituents is 1. The summed E-state index contributed by atoms with van der Waals surface area (Å²) in [5.74, 6) is 0.205. The van der Waals surface area contributed by atoms with Gasteiger partial charge in [-0.1, -0.05) is 39.8 Å². The SMILES string of the molecule is O=C(CSc1nnc(-c2cccnc2)n1-c1ccc(Br)cc1)NN=Cc1ccccc1[N+](=O)[O-]. The third kappa shape index (κ3) is 5.53. The highest BCUT2D eigenvalue weighted by Crippen LogP contribution is 2.28. The predicted molar refractivity (Wildman–Crippen MR) is 132 cm³/mol. The molecule has 1 N–H and O–H groups in total. The van der Waals surface area contributed by atoms with Gasteiger partial charge in [0.2, 0.25) is 0 Å². The Morgan fingerprint density at radius 3 is 2.68 bits per heavy atom. The van der Waals surface area contributed by atoms with Crippen LogP contribution in [0.15, 0.2) is 87.8 Å². The van der Waals surface area contributed by atoms with Gasteiger partial charge in [0.1, 0.15) is 0 Å². The molecule has 0 aliphatic rings. The van der Waals surface area contributed by atoms with Crippen molar-refractivity contribution >= 4 is 45.5 Å². The first-order chi connectivity index (χ1) is 16.5. The molecule has 1 amide bonds. The number of carbonyl (C=O) groups is 1. The molecule has 0 fully saturated rings. The minimum atomic E-state index is -0.506. The fourth-order valence-corrected chi connectivity index (χ4v) is 3.98. The normalized spacial score (nSPS) is 11.0. The van der Waals surface area contributed by atoms with Crippen molar-refractivity contribution in [3.63, 3.8) is 0 Å². The van der Waals surface area contributed by atoms with E-state index in [1.807, 2.05) is 41.0 Å². The molecule has 2 aromatic carbocycles. The second-order valence-corrected chi connectivity index (χ2v) is 8.62. The van der Waals surface area contributed by atoms with Gasteiger partial charge in [0.15, 0.2) is 11.0 Å². The van der Waals surface area contributed by atoms with Crippen molar-refractivity contribution in [1.29, 1.82) is 0 Å². The molecule has 12 heteroatoms. The molecule has 2 aromatic heterocycles. The molecular weight excluding hydrogens is 522 g/mol. The van der Waals surface area contributed by atoms with Crippen molar-refractivity contribution in [3.05, 3.63) is 93.2 Å². The number of benzene rings is 2. The number of hydrazone groups is 1. The Hall–Kier alpha value is -3.90. The number of nitrogens with zero attached hydrogens (tertiary/aromatic N) is 6. The Morgan fingerprint density at radius 1 is 1.15 bits per heavy atom. The fourth-order valence-electron chi connectivity index (χ4n) is 2.97. The fraction of sp³-hybridized carbons (Fsp3) is 0.0455. The van der Waals surface area contributed by atoms with E-state index in [-0.39, 0.29) is 17.0 Å². The van der Waals surface area contributed by atoms with Crippen LogP contribution in [0.25, 0.3) is 17.1 Å². The summed E-state index contributed by atoms with van der Waals surface area (Å²) in [7, 11) is 0. The number of thioether (sulfide) groups is 1. The highest BCUT2D eigenvalue weighted by atomic mass is 79.9. The van der Waals surface area contributed by atoms with Crippen LogP contribution in [-0.4, -0.2) is 42.5 Å². The van der Waals surface area contributed by atoms with Crippen LogP contribution in [0.5, 0.6) is 0 Å². The summed E-state index contributed by atoms with van der Waals surface area (Å²) in [6.07, 6.45) is 4.61. The Morgan fingerprint density at radius 2 is 1.94 bits per heavy atom. The molecule has 4 rings (SSSR count). The average Bonchev–Trinajstić information content (AvgIpc) is 3.28. The first kappa shape index (κ1) is 23.3. The maximum Gasteiger partial charge on any atom is 0.278 e. The van der Waals surface area contributed by atoms with E-state index in [0.717, 1.165) is 15.7 Å². The zero-order valence-corrected chi connectivity index (χ0v) is 19.8. The smallest absolute Gasteiger partial charge is 0.272 e. The summed E-state index contributed by atoms with van der Waals surface area (Å²) in [5, 5.41) is 24.0. The highest BCUT2D eigenvalue weighted by Gasteiger charge is 2.17. The maximum absolute atomic E-state index is 12.3. The predicted octanol–water partition coefficient (Wildman–Crippen LogP) is 4.24. The summed E-state index contributed by atoms with van der Waals surface area (Å²) in [4.78, 5) is 27.1. The minimum absolute atomic E-state index is 0.00985. The largest absolute Gasteiger partial charge is 0.278 e. The molecule has 0 radical (unpaired) electrons. The van der Waals surface area contributed by atoms with E-state index >= 15 is 0 Å². The van der Waals surface area contributed by atoms with E-state index in [1.54, 1.807) is 30.6 Å². The average molecular weight is 538 g/mol. The molecular formula is C22H16BrN7O3S. The molecule has 0 unspecified atom stereocenters. The number of nitrogens with one attached hydrogen (secondary N) is 1. The van der Waals surface area contributed by atoms with Crippen LogP contribution in [-0.2, 0) is 4.79 Å². The molecule has 0 spiro atoms. The molecule has 0 aliphatic carbocycles. The molecule has 170 valence electrons. The Labute approximate surface area is 206 Å². The Kier molecular flexibility index (Phi) is 7.40. The lowest BCUT2D eigenvalue weighted by atomic mass is 10.2. The number of halogens is 1. The van der Waals surface area contributed by atoms with E-state index in [9.17, 15) is 14.9 Å². The van der Waals surface area contributed by atoms with Gasteiger partial charge in [0, 0.05) is 34.2 Å². The van der Waals surface area contributed by atoms with Gasteiger partial charge in [-0.2, -0.15) is 5.10 Å². The molecule has 0 saturated carbocycles. The lowest BCUT2D eigenvalue weighted by molar-refractivity contribution is -0.385. The summed E-state index contributed by atoms with van der Waals surface area (Å²) >= 11 is 4.62. The van der Waals surface area contributed by atoms with Crippen LogP contribution >= 0.6 is 27.7 Å². The van der Waals surface area contributed by atoms with Crippen LogP contribution < -0.4 is 5.43 Å². The van der Waals surface area contributed by atoms with Crippen molar-refractivity contribution in [2.75, 3.05) is 5.75 Å². The van der Waals surface area contributed by atoms with Crippen LogP contribution in [0.1, 0.15) is 5.56 Å². The van der Waals surface area contributed by atoms with E-state index in [2.05, 4.69) is 41.6 Å². The van der Waals surface area contributed by atoms with E-state index in [0.29, 0.717) is 11.0 Å². The number of hydrogen-bond acceptors (Lipinski definition) is 8. The van der Waals surface area contributed by atoms with Crippen molar-refractivity contribution in [3.8, 4) is 17.1 Å². The number of carbonyl (C=O) groups excluding carboxylic acids is 1. The monoisotopic (exact) mass is 537 g/mol. The van der Waals surface area contributed by atoms with Crippen LogP contribution in [0, 0.1) is 10.1 Å². The number of aromatic nitrogens is 4. The van der Waals surface area contributed by atoms with E-state index in [4.69, 9.17) is 0 Å². The minimum Gasteiger partial charge on any atom is -0.272 e. The molecule has 0 atom stereocenters. The molecule has 4 aromatic rings. The molecule has 10 nitrogen and oxygen atoms in total. The number of nitro groups is 1. The van der Waals surface area contributed by atoms with Crippen molar-refractivity contribution in [1.82, 2.24) is 25.2 Å². The molecule has 0 aliphatic heterocycles. The molecule has 0 bridgehead atoms. The molecule has 2 heterocycles. The number of amides is 1. The van der Waals surface area contributed by atoms with Gasteiger partial charge in [-0.25, -0.2) is 5.43 Å². The van der Waals surface area contributed by atoms with Gasteiger partial charge < -0.3 is 0 Å². The van der Waals surface area contributed by atoms with Crippen LogP contribution in [0.4, 0.5) is 5.69 Å². The first-order valence-corrected chi connectivity index (χ1v) is 11.6. The Balaban J connectivity index is 1.50. The van der Waals surface area contributed by atoms with Gasteiger partial charge in [-0.15, -0.1) is 10.2 Å². The first-order valence-electron chi connectivity index (χ1n) is 9.83. The number of rotatable bonds is 8. The van der Waals surface area contributed by atoms with Crippen LogP contribution in [0.2, 0.25) is 0 Å². The van der Waals surface area contributed by atoms with Gasteiger partial charge in [-0.05, 0) is 42.5 Å². The number of hydrogen-bond donors (Lipinski definition) is 1. The summed E-state index contributed by atoms with van der Waals surface area (Å²) < 4.78 is 2.77. The standard InChI is InChI=1S/C22H16BrN7O3S/c23-17-7-9-18(10-8-17)29-21(16-5-3-11-24-12-16)27-28-22(29)34-14-20(31)26-25-13-15-4-1-2-6-19(15)30(32)33/h1-13H,14H2,(H,26,31). The zero-order valence-electron chi connectivity index (χ0n) is 17.4. The lowest BCUT2D eigenvalue weighted by Crippen LogP contribution is -2.20. The summed E-state index contributed by atoms with van der Waals surface area (Å²) in [6, 6.07) is 17.4. The second-order valence-electron chi connectivity index (χ2n) is 6.76. The second kappa shape index (κ2) is 10.8. The lowest BCUT2D eigenvalue weighted by Gasteiger charge is -2.10. The molecule has 0 saturated heterocycles. The van der Waals surface area contributed by atoms with Gasteiger partial charge >= 0.3 is 0 Å². The van der Waals surface area contributed by atoms with E-state index in [1.165, 1.54) is 24.0 Å². The highest BCUT2D eigenvalue weighted by molar-refractivity contribution is 9.10. The van der Waals surface area contributed by atoms with Gasteiger partial charge in [-0.3, -0.25) is 24.5 Å². The van der Waals surface area contributed by atoms with Crippen molar-refractivity contribution in [2.45, 2.75) is 5.16 Å². The third-order valence-electron chi connectivity index (χ3n) is 4.50. The number of pyridine rings is 1. The van der Waals surface area contributed by atoms with Crippen molar-refractivity contribution in [2.24, 2.45) is 5.10 Å². The zero-order chi connectivity index (χ0) is 23.9.